The van der Waals surface area contributed by atoms with E-state index in [0.29, 0.717) is 0 Å². The zero-order valence-corrected chi connectivity index (χ0v) is 28.2. The molecule has 3 aliphatic heterocycles. The van der Waals surface area contributed by atoms with Crippen LogP contribution in [-0.4, -0.2) is 6.85 Å². The van der Waals surface area contributed by atoms with E-state index in [1.807, 2.05) is 11.3 Å². The Morgan fingerprint density at radius 2 is 1.24 bits per heavy atom. The van der Waals surface area contributed by atoms with Gasteiger partial charge in [-0.05, 0) is 93.0 Å². The average molecular weight is 667 g/mol. The van der Waals surface area contributed by atoms with Crippen molar-refractivity contribution in [2.45, 2.75) is 0 Å². The molecular formula is C46H27BN2OS. The number of para-hydroxylation sites is 3. The third kappa shape index (κ3) is 3.73. The summed E-state index contributed by atoms with van der Waals surface area (Å²) >= 11 is 1.90. The van der Waals surface area contributed by atoms with Gasteiger partial charge in [0.2, 0.25) is 0 Å². The number of hydrogen-bond acceptors (Lipinski definition) is 4. The lowest BCUT2D eigenvalue weighted by molar-refractivity contribution is 0.477. The summed E-state index contributed by atoms with van der Waals surface area (Å²) < 4.78 is 9.33. The van der Waals surface area contributed by atoms with Crippen LogP contribution in [0.5, 0.6) is 11.5 Å². The van der Waals surface area contributed by atoms with Crippen molar-refractivity contribution in [1.82, 2.24) is 0 Å². The second kappa shape index (κ2) is 10.1. The molecule has 0 aliphatic carbocycles. The molecular weight excluding hydrogens is 639 g/mol. The van der Waals surface area contributed by atoms with Crippen LogP contribution in [0, 0.1) is 0 Å². The third-order valence-corrected chi connectivity index (χ3v) is 12.2. The maximum Gasteiger partial charge on any atom is 0.333 e. The summed E-state index contributed by atoms with van der Waals surface area (Å²) in [4.78, 5) is 5.11. The zero-order valence-electron chi connectivity index (χ0n) is 27.4. The van der Waals surface area contributed by atoms with Gasteiger partial charge in [-0.2, -0.15) is 0 Å². The molecule has 0 N–H and O–H groups in total. The molecule has 0 atom stereocenters. The fraction of sp³-hybridized carbons (Fsp3) is 0. The highest BCUT2D eigenvalue weighted by Gasteiger charge is 2.48. The molecule has 4 heterocycles. The highest BCUT2D eigenvalue weighted by Crippen LogP contribution is 2.57. The van der Waals surface area contributed by atoms with Gasteiger partial charge in [0.1, 0.15) is 0 Å². The van der Waals surface area contributed by atoms with Gasteiger partial charge in [-0.3, -0.25) is 0 Å². The fourth-order valence-electron chi connectivity index (χ4n) is 8.80. The van der Waals surface area contributed by atoms with E-state index < -0.39 is 0 Å². The molecule has 0 spiro atoms. The number of fused-ring (bicyclic) bond motifs is 11. The largest absolute Gasteiger partial charge is 0.453 e. The predicted octanol–water partition coefficient (Wildman–Crippen LogP) is 11.7. The van der Waals surface area contributed by atoms with E-state index in [2.05, 4.69) is 174 Å². The van der Waals surface area contributed by atoms with E-state index in [1.54, 1.807) is 0 Å². The molecule has 0 saturated heterocycles. The van der Waals surface area contributed by atoms with Gasteiger partial charge in [0, 0.05) is 32.4 Å². The summed E-state index contributed by atoms with van der Waals surface area (Å²) in [5, 5.41) is 5.08. The van der Waals surface area contributed by atoms with E-state index in [4.69, 9.17) is 4.74 Å². The molecule has 1 aromatic heterocycles. The molecule has 0 bridgehead atoms. The summed E-state index contributed by atoms with van der Waals surface area (Å²) in [5.74, 6) is 1.77. The molecule has 5 heteroatoms. The molecule has 236 valence electrons. The molecule has 0 amide bonds. The van der Waals surface area contributed by atoms with Gasteiger partial charge in [0.15, 0.2) is 11.5 Å². The summed E-state index contributed by atoms with van der Waals surface area (Å²) in [7, 11) is 0. The Morgan fingerprint density at radius 1 is 0.510 bits per heavy atom. The van der Waals surface area contributed by atoms with Crippen LogP contribution in [0.25, 0.3) is 53.2 Å². The fourth-order valence-corrected chi connectivity index (χ4v) is 10.0. The molecule has 0 fully saturated rings. The monoisotopic (exact) mass is 666 g/mol. The van der Waals surface area contributed by atoms with Crippen molar-refractivity contribution in [3.63, 3.8) is 0 Å². The standard InChI is InChI=1S/C46H27BN2OS/c1-2-11-28(12-3-1)29-21-23-32(24-22-29)49-39-26-31-14-5-4-13-30(31)25-34(39)35-27-36-33-15-6-9-20-42(33)51-46(36)45-43(35)47(49)37-16-10-19-41-44(37)48(45)38-17-7-8-18-40(38)50-41/h1-27H. The third-order valence-electron chi connectivity index (χ3n) is 11.0. The van der Waals surface area contributed by atoms with Crippen LogP contribution in [-0.2, 0) is 0 Å². The summed E-state index contributed by atoms with van der Waals surface area (Å²) in [6.07, 6.45) is 0. The minimum absolute atomic E-state index is 0.0825. The van der Waals surface area contributed by atoms with Crippen molar-refractivity contribution in [2.24, 2.45) is 0 Å². The van der Waals surface area contributed by atoms with Crippen LogP contribution in [0.1, 0.15) is 0 Å². The Bertz CT molecular complexity index is 2920. The number of ether oxygens (including phenoxy) is 1. The van der Waals surface area contributed by atoms with E-state index in [9.17, 15) is 0 Å². The van der Waals surface area contributed by atoms with Crippen molar-refractivity contribution in [2.75, 3.05) is 9.71 Å². The molecule has 3 nitrogen and oxygen atoms in total. The van der Waals surface area contributed by atoms with Gasteiger partial charge in [-0.1, -0.05) is 109 Å². The Morgan fingerprint density at radius 3 is 2.12 bits per heavy atom. The van der Waals surface area contributed by atoms with E-state index >= 15 is 0 Å². The minimum atomic E-state index is -0.0825. The lowest BCUT2D eigenvalue weighted by Gasteiger charge is -2.47. The SMILES string of the molecule is c1ccc(-c2ccc(N3B4c5cccc6c5N(c5ccccc5O6)c5c4c(cc4c5sc5ccccc54)-c4cc5ccccc5cc43)cc2)cc1. The lowest BCUT2D eigenvalue weighted by atomic mass is 9.43. The van der Waals surface area contributed by atoms with Crippen LogP contribution in [0.2, 0.25) is 0 Å². The molecule has 12 rings (SSSR count). The normalized spacial score (nSPS) is 13.5. The Labute approximate surface area is 299 Å². The summed E-state index contributed by atoms with van der Waals surface area (Å²) in [6.45, 7) is -0.0825. The van der Waals surface area contributed by atoms with Crippen molar-refractivity contribution < 1.29 is 4.74 Å². The second-order valence-corrected chi connectivity index (χ2v) is 14.7. The molecule has 9 aromatic rings. The Kier molecular flexibility index (Phi) is 5.47. The van der Waals surface area contributed by atoms with Gasteiger partial charge in [0.05, 0.1) is 21.8 Å². The van der Waals surface area contributed by atoms with Crippen LogP contribution < -0.4 is 25.4 Å². The van der Waals surface area contributed by atoms with Gasteiger partial charge in [-0.15, -0.1) is 11.3 Å². The van der Waals surface area contributed by atoms with Gasteiger partial charge >= 0.3 is 6.85 Å². The van der Waals surface area contributed by atoms with Crippen molar-refractivity contribution in [1.29, 1.82) is 0 Å². The molecule has 8 aromatic carbocycles. The molecule has 0 saturated carbocycles. The highest BCUT2D eigenvalue weighted by atomic mass is 32.1. The van der Waals surface area contributed by atoms with E-state index in [-0.39, 0.29) is 6.85 Å². The van der Waals surface area contributed by atoms with Crippen molar-refractivity contribution >= 4 is 88.5 Å². The Hall–Kier alpha value is -6.30. The number of nitrogens with zero attached hydrogens (tertiary/aromatic N) is 2. The maximum atomic E-state index is 6.73. The number of benzene rings is 8. The quantitative estimate of drug-likeness (QED) is 0.171. The van der Waals surface area contributed by atoms with Crippen LogP contribution in [0.3, 0.4) is 0 Å². The number of hydrogen-bond donors (Lipinski definition) is 0. The number of rotatable bonds is 2. The first-order valence-electron chi connectivity index (χ1n) is 17.5. The zero-order chi connectivity index (χ0) is 33.2. The first-order chi connectivity index (χ1) is 25.3. The first-order valence-corrected chi connectivity index (χ1v) is 18.3. The molecule has 0 unspecified atom stereocenters. The predicted molar refractivity (Wildman–Crippen MR) is 216 cm³/mol. The minimum Gasteiger partial charge on any atom is -0.453 e. The first kappa shape index (κ1) is 27.5. The van der Waals surface area contributed by atoms with E-state index in [0.717, 1.165) is 28.6 Å². The smallest absolute Gasteiger partial charge is 0.333 e. The second-order valence-electron chi connectivity index (χ2n) is 13.7. The average Bonchev–Trinajstić information content (AvgIpc) is 3.57. The van der Waals surface area contributed by atoms with Crippen molar-refractivity contribution in [3.05, 3.63) is 164 Å². The number of anilines is 5. The molecule has 51 heavy (non-hydrogen) atoms. The van der Waals surface area contributed by atoms with Gasteiger partial charge < -0.3 is 14.4 Å². The lowest BCUT2D eigenvalue weighted by Crippen LogP contribution is -2.61. The van der Waals surface area contributed by atoms with Crippen LogP contribution in [0.15, 0.2) is 164 Å². The molecule has 3 aliphatic rings. The number of thiophene rings is 1. The summed E-state index contributed by atoms with van der Waals surface area (Å²) in [6, 6.07) is 59.8. The summed E-state index contributed by atoms with van der Waals surface area (Å²) in [5.41, 5.74) is 13.4. The Balaban J connectivity index is 1.24. The van der Waals surface area contributed by atoms with Gasteiger partial charge in [-0.25, -0.2) is 0 Å². The van der Waals surface area contributed by atoms with Crippen LogP contribution >= 0.6 is 11.3 Å². The van der Waals surface area contributed by atoms with E-state index in [1.165, 1.54) is 75.5 Å². The van der Waals surface area contributed by atoms with Gasteiger partial charge in [0.25, 0.3) is 0 Å². The topological polar surface area (TPSA) is 15.7 Å². The maximum absolute atomic E-state index is 6.73. The van der Waals surface area contributed by atoms with Crippen molar-refractivity contribution in [3.8, 4) is 33.8 Å². The van der Waals surface area contributed by atoms with Crippen LogP contribution in [0.4, 0.5) is 28.4 Å². The molecule has 0 radical (unpaired) electrons. The highest BCUT2D eigenvalue weighted by molar-refractivity contribution is 7.26.